The number of benzene rings is 1. The number of fused-ring (bicyclic) bond motifs is 2. The molecule has 2 N–H and O–H groups in total. The predicted molar refractivity (Wildman–Crippen MR) is 72.6 cm³/mol. The topological polar surface area (TPSA) is 78.6 Å². The third kappa shape index (κ3) is 1.79. The van der Waals surface area contributed by atoms with Crippen LogP contribution in [0.2, 0.25) is 0 Å². The van der Waals surface area contributed by atoms with Gasteiger partial charge in [0.2, 0.25) is 0 Å². The first-order valence-electron chi connectivity index (χ1n) is 6.81. The van der Waals surface area contributed by atoms with E-state index in [0.717, 1.165) is 17.5 Å². The molecule has 1 aliphatic heterocycles. The number of hydrogen-bond acceptors (Lipinski definition) is 4. The Labute approximate surface area is 115 Å². The van der Waals surface area contributed by atoms with Gasteiger partial charge in [-0.05, 0) is 30.4 Å². The first-order valence-corrected chi connectivity index (χ1v) is 6.81. The minimum atomic E-state index is -0.832. The van der Waals surface area contributed by atoms with Crippen molar-refractivity contribution in [1.82, 2.24) is 9.88 Å². The molecular weight excluding hydrogens is 258 g/mol. The molecule has 3 atom stereocenters. The quantitative estimate of drug-likeness (QED) is 0.896. The average Bonchev–Trinajstić information content (AvgIpc) is 2.94. The van der Waals surface area contributed by atoms with Crippen LogP contribution in [0.15, 0.2) is 28.7 Å². The van der Waals surface area contributed by atoms with Crippen LogP contribution in [-0.2, 0) is 0 Å². The molecule has 20 heavy (non-hydrogen) atoms. The van der Waals surface area contributed by atoms with E-state index >= 15 is 0 Å². The molecule has 1 amide bonds. The Bertz CT molecular complexity index is 635. The smallest absolute Gasteiger partial charge is 0.407 e. The lowest BCUT2D eigenvalue weighted by atomic mass is 10.2. The third-order valence-corrected chi connectivity index (χ3v) is 4.31. The van der Waals surface area contributed by atoms with E-state index < -0.39 is 6.09 Å². The Kier molecular flexibility index (Phi) is 2.39. The van der Waals surface area contributed by atoms with Crippen molar-refractivity contribution in [2.24, 2.45) is 11.8 Å². The summed E-state index contributed by atoms with van der Waals surface area (Å²) < 4.78 is 5.58. The third-order valence-electron chi connectivity index (χ3n) is 4.31. The molecule has 1 aromatic carbocycles. The van der Waals surface area contributed by atoms with E-state index in [-0.39, 0.29) is 6.04 Å². The highest BCUT2D eigenvalue weighted by Crippen LogP contribution is 2.49. The summed E-state index contributed by atoms with van der Waals surface area (Å²) in [6.07, 6.45) is 0.311. The molecule has 2 aliphatic rings. The zero-order chi connectivity index (χ0) is 13.7. The van der Waals surface area contributed by atoms with E-state index in [1.165, 1.54) is 4.90 Å². The minimum absolute atomic E-state index is 0.0347. The molecule has 1 saturated heterocycles. The van der Waals surface area contributed by atoms with Crippen LogP contribution < -0.4 is 5.32 Å². The van der Waals surface area contributed by atoms with Gasteiger partial charge in [-0.15, -0.1) is 0 Å². The van der Waals surface area contributed by atoms with Crippen LogP contribution in [-0.4, -0.2) is 40.2 Å². The van der Waals surface area contributed by atoms with Gasteiger partial charge in [-0.3, -0.25) is 0 Å². The second-order valence-electron chi connectivity index (χ2n) is 5.53. The number of nitrogens with zero attached hydrogens (tertiary/aromatic N) is 2. The van der Waals surface area contributed by atoms with Gasteiger partial charge in [0.05, 0.1) is 6.04 Å². The minimum Gasteiger partial charge on any atom is -0.465 e. The van der Waals surface area contributed by atoms with E-state index in [1.54, 1.807) is 0 Å². The molecule has 4 rings (SSSR count). The van der Waals surface area contributed by atoms with Gasteiger partial charge in [0.1, 0.15) is 5.52 Å². The fourth-order valence-corrected chi connectivity index (χ4v) is 3.19. The lowest BCUT2D eigenvalue weighted by Gasteiger charge is -2.24. The Morgan fingerprint density at radius 3 is 3.15 bits per heavy atom. The van der Waals surface area contributed by atoms with Crippen molar-refractivity contribution in [2.45, 2.75) is 12.5 Å². The van der Waals surface area contributed by atoms with Crippen molar-refractivity contribution in [2.75, 3.05) is 18.4 Å². The van der Waals surface area contributed by atoms with Gasteiger partial charge in [-0.25, -0.2) is 4.79 Å². The molecule has 2 aromatic rings. The molecule has 2 heterocycles. The molecule has 0 radical (unpaired) electrons. The molecule has 0 unspecified atom stereocenters. The van der Waals surface area contributed by atoms with Crippen LogP contribution in [0.3, 0.4) is 0 Å². The molecule has 1 aromatic heterocycles. The van der Waals surface area contributed by atoms with Crippen LogP contribution in [0.1, 0.15) is 6.42 Å². The summed E-state index contributed by atoms with van der Waals surface area (Å²) in [5.74, 6) is 1.06. The number of amides is 1. The summed E-state index contributed by atoms with van der Waals surface area (Å²) in [4.78, 5) is 17.1. The monoisotopic (exact) mass is 273 g/mol. The Hall–Kier alpha value is -2.24. The van der Waals surface area contributed by atoms with Crippen LogP contribution in [0.5, 0.6) is 0 Å². The maximum Gasteiger partial charge on any atom is 0.407 e. The predicted octanol–water partition coefficient (Wildman–Crippen LogP) is 2.24. The van der Waals surface area contributed by atoms with E-state index in [0.29, 0.717) is 30.9 Å². The fourth-order valence-electron chi connectivity index (χ4n) is 3.19. The van der Waals surface area contributed by atoms with Gasteiger partial charge in [0.25, 0.3) is 6.01 Å². The Morgan fingerprint density at radius 2 is 2.35 bits per heavy atom. The number of para-hydroxylation sites is 2. The number of oxazole rings is 1. The van der Waals surface area contributed by atoms with E-state index in [2.05, 4.69) is 10.3 Å². The molecule has 2 fully saturated rings. The second kappa shape index (κ2) is 4.13. The summed E-state index contributed by atoms with van der Waals surface area (Å²) in [5.41, 5.74) is 1.54. The highest BCUT2D eigenvalue weighted by Gasteiger charge is 2.53. The molecule has 6 nitrogen and oxygen atoms in total. The van der Waals surface area contributed by atoms with Crippen molar-refractivity contribution < 1.29 is 14.3 Å². The van der Waals surface area contributed by atoms with E-state index in [1.807, 2.05) is 24.3 Å². The largest absolute Gasteiger partial charge is 0.465 e. The number of nitrogens with one attached hydrogen (secondary N) is 1. The van der Waals surface area contributed by atoms with Crippen molar-refractivity contribution >= 4 is 23.2 Å². The van der Waals surface area contributed by atoms with E-state index in [9.17, 15) is 9.90 Å². The SMILES string of the molecule is O=C(O)N1C[C@H]2C[C@H]2[C@H]1CNc1nc2ccccc2o1. The number of hydrogen-bond donors (Lipinski definition) is 2. The van der Waals surface area contributed by atoms with Gasteiger partial charge in [0, 0.05) is 13.1 Å². The molecule has 0 bridgehead atoms. The van der Waals surface area contributed by atoms with Gasteiger partial charge < -0.3 is 19.7 Å². The lowest BCUT2D eigenvalue weighted by Crippen LogP contribution is -2.41. The zero-order valence-corrected chi connectivity index (χ0v) is 10.8. The first kappa shape index (κ1) is 11.6. The Morgan fingerprint density at radius 1 is 1.50 bits per heavy atom. The van der Waals surface area contributed by atoms with Gasteiger partial charge >= 0.3 is 6.09 Å². The lowest BCUT2D eigenvalue weighted by molar-refractivity contribution is 0.134. The van der Waals surface area contributed by atoms with Crippen molar-refractivity contribution in [3.8, 4) is 0 Å². The Balaban J connectivity index is 1.48. The number of aromatic nitrogens is 1. The number of anilines is 1. The number of piperidine rings is 1. The van der Waals surface area contributed by atoms with Crippen LogP contribution >= 0.6 is 0 Å². The van der Waals surface area contributed by atoms with Crippen LogP contribution in [0.4, 0.5) is 10.8 Å². The molecule has 104 valence electrons. The number of rotatable bonds is 3. The maximum absolute atomic E-state index is 11.2. The molecule has 6 heteroatoms. The normalized spacial score (nSPS) is 27.6. The summed E-state index contributed by atoms with van der Waals surface area (Å²) in [5, 5.41) is 12.3. The summed E-state index contributed by atoms with van der Waals surface area (Å²) in [6.45, 7) is 1.22. The number of likely N-dealkylation sites (tertiary alicyclic amines) is 1. The van der Waals surface area contributed by atoms with Gasteiger partial charge in [0.15, 0.2) is 5.58 Å². The van der Waals surface area contributed by atoms with Crippen molar-refractivity contribution in [1.29, 1.82) is 0 Å². The highest BCUT2D eigenvalue weighted by molar-refractivity contribution is 5.74. The number of carbonyl (C=O) groups is 1. The van der Waals surface area contributed by atoms with Crippen molar-refractivity contribution in [3.63, 3.8) is 0 Å². The first-order chi connectivity index (χ1) is 9.72. The van der Waals surface area contributed by atoms with Crippen molar-refractivity contribution in [3.05, 3.63) is 24.3 Å². The van der Waals surface area contributed by atoms with Gasteiger partial charge in [-0.2, -0.15) is 4.98 Å². The zero-order valence-electron chi connectivity index (χ0n) is 10.8. The fraction of sp³-hybridized carbons (Fsp3) is 0.429. The van der Waals surface area contributed by atoms with Crippen LogP contribution in [0.25, 0.3) is 11.1 Å². The molecule has 0 spiro atoms. The average molecular weight is 273 g/mol. The summed E-state index contributed by atoms with van der Waals surface area (Å²) in [7, 11) is 0. The second-order valence-corrected chi connectivity index (χ2v) is 5.53. The number of carboxylic acid groups (broad SMARTS) is 1. The van der Waals surface area contributed by atoms with Crippen LogP contribution in [0, 0.1) is 11.8 Å². The van der Waals surface area contributed by atoms with E-state index in [4.69, 9.17) is 4.42 Å². The standard InChI is InChI=1S/C14H15N3O3/c18-14(19)17-7-8-5-9(8)11(17)6-15-13-16-10-3-1-2-4-12(10)20-13/h1-4,8-9,11H,5-7H2,(H,15,16)(H,18,19)/t8-,9-,11-/m1/s1. The molecule has 1 aliphatic carbocycles. The molecule has 1 saturated carbocycles. The summed E-state index contributed by atoms with van der Waals surface area (Å²) in [6, 6.07) is 8.05. The van der Waals surface area contributed by atoms with Gasteiger partial charge in [-0.1, -0.05) is 12.1 Å². The maximum atomic E-state index is 11.2. The molecular formula is C14H15N3O3. The summed E-state index contributed by atoms with van der Waals surface area (Å²) >= 11 is 0. The highest BCUT2D eigenvalue weighted by atomic mass is 16.4.